The van der Waals surface area contributed by atoms with E-state index in [0.29, 0.717) is 30.1 Å². The van der Waals surface area contributed by atoms with Crippen molar-refractivity contribution in [2.24, 2.45) is 0 Å². The van der Waals surface area contributed by atoms with Crippen LogP contribution in [0.1, 0.15) is 38.8 Å². The molecule has 1 aliphatic carbocycles. The lowest BCUT2D eigenvalue weighted by molar-refractivity contribution is 0.169. The highest BCUT2D eigenvalue weighted by molar-refractivity contribution is 7.92. The molecule has 35 heavy (non-hydrogen) atoms. The zero-order chi connectivity index (χ0) is 25.0. The molecule has 1 aliphatic heterocycles. The maximum atomic E-state index is 12.6. The molecule has 2 unspecified atom stereocenters. The van der Waals surface area contributed by atoms with Crippen molar-refractivity contribution in [1.29, 1.82) is 0 Å². The van der Waals surface area contributed by atoms with E-state index in [4.69, 9.17) is 10.6 Å². The number of nitrogens with one attached hydrogen (secondary N) is 2. The van der Waals surface area contributed by atoms with Crippen molar-refractivity contribution in [3.8, 4) is 11.3 Å². The van der Waals surface area contributed by atoms with E-state index in [1.165, 1.54) is 0 Å². The van der Waals surface area contributed by atoms with Gasteiger partial charge in [-0.3, -0.25) is 5.32 Å². The molecule has 0 radical (unpaired) electrons. The minimum Gasteiger partial charge on any atom is -0.406 e. The lowest BCUT2D eigenvalue weighted by atomic mass is 9.93. The van der Waals surface area contributed by atoms with E-state index in [0.717, 1.165) is 29.6 Å². The van der Waals surface area contributed by atoms with Gasteiger partial charge in [-0.15, -0.1) is 5.48 Å². The summed E-state index contributed by atoms with van der Waals surface area (Å²) in [4.78, 5) is 14.9. The Morgan fingerprint density at radius 3 is 2.69 bits per heavy atom. The average Bonchev–Trinajstić information content (AvgIpc) is 3.37. The van der Waals surface area contributed by atoms with Crippen LogP contribution in [0.2, 0.25) is 0 Å². The smallest absolute Gasteiger partial charge is 0.180 e. The first-order chi connectivity index (χ1) is 16.8. The number of nitrogens with two attached hydrogens (primary N) is 1. The number of nitrogen functional groups attached to an aromatic ring is 1. The van der Waals surface area contributed by atoms with Gasteiger partial charge >= 0.3 is 0 Å². The molecule has 0 saturated carbocycles. The van der Waals surface area contributed by atoms with Crippen LogP contribution in [0.3, 0.4) is 0 Å². The van der Waals surface area contributed by atoms with Gasteiger partial charge in [-0.2, -0.15) is 0 Å². The molecule has 0 spiro atoms. The number of sulfone groups is 1. The van der Waals surface area contributed by atoms with E-state index in [-0.39, 0.29) is 16.8 Å². The molecule has 4 rings (SSSR count). The van der Waals surface area contributed by atoms with Crippen LogP contribution in [0, 0.1) is 0 Å². The van der Waals surface area contributed by atoms with Gasteiger partial charge in [0.25, 0.3) is 0 Å². The number of nitrogens with zero attached hydrogens (tertiary/aromatic N) is 2. The van der Waals surface area contributed by atoms with Crippen LogP contribution in [-0.4, -0.2) is 43.0 Å². The van der Waals surface area contributed by atoms with Gasteiger partial charge in [0.1, 0.15) is 6.80 Å². The number of hydroxylamine groups is 1. The van der Waals surface area contributed by atoms with Gasteiger partial charge in [-0.05, 0) is 50.0 Å². The third-order valence-electron chi connectivity index (χ3n) is 6.35. The molecule has 1 aromatic carbocycles. The molecular weight excluding hydrogens is 469 g/mol. The fourth-order valence-electron chi connectivity index (χ4n) is 3.95. The van der Waals surface area contributed by atoms with Crippen LogP contribution in [0.15, 0.2) is 64.7 Å². The highest BCUT2D eigenvalue weighted by Gasteiger charge is 2.26. The Bertz CT molecular complexity index is 1270. The van der Waals surface area contributed by atoms with E-state index in [1.807, 2.05) is 25.2 Å². The Labute approximate surface area is 205 Å². The summed E-state index contributed by atoms with van der Waals surface area (Å²) < 4.78 is 37.5. The molecule has 186 valence electrons. The first kappa shape index (κ1) is 25.0. The number of allylic oxidation sites excluding steroid dienone is 2. The maximum Gasteiger partial charge on any atom is 0.180 e. The first-order valence-corrected chi connectivity index (χ1v) is 13.1. The Morgan fingerprint density at radius 1 is 1.26 bits per heavy atom. The predicted molar refractivity (Wildman–Crippen MR) is 134 cm³/mol. The highest BCUT2D eigenvalue weighted by atomic mass is 32.2. The minimum atomic E-state index is -3.36. The van der Waals surface area contributed by atoms with Crippen LogP contribution in [0.5, 0.6) is 0 Å². The number of anilines is 1. The Hall–Kier alpha value is -3.08. The van der Waals surface area contributed by atoms with Crippen LogP contribution < -0.4 is 16.5 Å². The van der Waals surface area contributed by atoms with Crippen molar-refractivity contribution < 1.29 is 17.6 Å². The van der Waals surface area contributed by atoms with Crippen LogP contribution in [0.4, 0.5) is 10.2 Å². The molecule has 4 N–H and O–H groups in total. The summed E-state index contributed by atoms with van der Waals surface area (Å²) in [6.07, 6.45) is 9.73. The second-order valence-electron chi connectivity index (χ2n) is 8.63. The molecule has 0 bridgehead atoms. The molecule has 0 saturated heterocycles. The fourth-order valence-corrected chi connectivity index (χ4v) is 5.37. The van der Waals surface area contributed by atoms with Gasteiger partial charge in [-0.25, -0.2) is 22.8 Å². The molecule has 2 aliphatic rings. The SMILES string of the molecule is CCC(C)S(=O)(=O)c1ccc(-c2cnc(N)c(C3=CC(C4=CC=C(CNCF)CC4)NO3)n2)cc1. The van der Waals surface area contributed by atoms with E-state index >= 15 is 0 Å². The monoisotopic (exact) mass is 499 g/mol. The van der Waals surface area contributed by atoms with Gasteiger partial charge in [0, 0.05) is 12.1 Å². The summed E-state index contributed by atoms with van der Waals surface area (Å²) in [6.45, 7) is 3.56. The third-order valence-corrected chi connectivity index (χ3v) is 8.67. The predicted octanol–water partition coefficient (Wildman–Crippen LogP) is 3.71. The molecule has 0 amide bonds. The first-order valence-electron chi connectivity index (χ1n) is 11.6. The van der Waals surface area contributed by atoms with Crippen LogP contribution >= 0.6 is 0 Å². The lowest BCUT2D eigenvalue weighted by Gasteiger charge is -2.17. The standard InChI is InChI=1S/C25H30FN5O3S/c1-3-16(2)35(32,33)20-10-8-19(9-11-20)22-14-29-25(27)24(30-22)23-12-21(31-34-23)18-6-4-17(5-7-18)13-28-15-26/h4,6,8-12,14,16,21,28,31H,3,5,7,13,15H2,1-2H3,(H2,27,29). The Balaban J connectivity index is 1.55. The second-order valence-corrected chi connectivity index (χ2v) is 11.0. The number of benzene rings is 1. The number of hydrogen-bond acceptors (Lipinski definition) is 8. The topological polar surface area (TPSA) is 119 Å². The second kappa shape index (κ2) is 10.7. The van der Waals surface area contributed by atoms with Crippen molar-refractivity contribution >= 4 is 21.4 Å². The lowest BCUT2D eigenvalue weighted by Crippen LogP contribution is -2.24. The van der Waals surface area contributed by atoms with Gasteiger partial charge in [0.15, 0.2) is 27.1 Å². The number of halogens is 1. The highest BCUT2D eigenvalue weighted by Crippen LogP contribution is 2.30. The number of rotatable bonds is 9. The number of aromatic nitrogens is 2. The van der Waals surface area contributed by atoms with Crippen molar-refractivity contribution in [3.63, 3.8) is 0 Å². The van der Waals surface area contributed by atoms with E-state index in [2.05, 4.69) is 20.8 Å². The average molecular weight is 500 g/mol. The summed E-state index contributed by atoms with van der Waals surface area (Å²) in [5, 5.41) is 2.25. The zero-order valence-corrected chi connectivity index (χ0v) is 20.6. The fraction of sp³-hybridized carbons (Fsp3) is 0.360. The molecule has 1 aromatic heterocycles. The van der Waals surface area contributed by atoms with Crippen LogP contribution in [-0.2, 0) is 14.7 Å². The Kier molecular flexibility index (Phi) is 7.63. The third kappa shape index (κ3) is 5.44. The van der Waals surface area contributed by atoms with E-state index in [9.17, 15) is 12.8 Å². The molecule has 2 atom stereocenters. The van der Waals surface area contributed by atoms with Gasteiger partial charge in [0.05, 0.1) is 28.1 Å². The van der Waals surface area contributed by atoms with Crippen LogP contribution in [0.25, 0.3) is 17.0 Å². The minimum absolute atomic E-state index is 0.133. The summed E-state index contributed by atoms with van der Waals surface area (Å²) >= 11 is 0. The van der Waals surface area contributed by atoms with Crippen molar-refractivity contribution in [3.05, 3.63) is 65.5 Å². The van der Waals surface area contributed by atoms with Gasteiger partial charge < -0.3 is 10.6 Å². The van der Waals surface area contributed by atoms with E-state index < -0.39 is 21.9 Å². The van der Waals surface area contributed by atoms with Gasteiger partial charge in [-0.1, -0.05) is 36.8 Å². The normalized spacial score (nSPS) is 18.9. The molecule has 8 nitrogen and oxygen atoms in total. The zero-order valence-electron chi connectivity index (χ0n) is 19.8. The molecule has 10 heteroatoms. The summed E-state index contributed by atoms with van der Waals surface area (Å²) in [5.74, 6) is 0.711. The number of hydrogen-bond donors (Lipinski definition) is 3. The van der Waals surface area contributed by atoms with E-state index in [1.54, 1.807) is 37.4 Å². The molecule has 0 fully saturated rings. The van der Waals surface area contributed by atoms with Crippen molar-refractivity contribution in [1.82, 2.24) is 20.8 Å². The molecule has 2 heterocycles. The van der Waals surface area contributed by atoms with Crippen molar-refractivity contribution in [2.75, 3.05) is 19.1 Å². The molecular formula is C25H30FN5O3S. The number of alkyl halides is 1. The largest absolute Gasteiger partial charge is 0.406 e. The maximum absolute atomic E-state index is 12.6. The van der Waals surface area contributed by atoms with Crippen molar-refractivity contribution in [2.45, 2.75) is 49.3 Å². The Morgan fingerprint density at radius 2 is 2.03 bits per heavy atom. The molecule has 2 aromatic rings. The quantitative estimate of drug-likeness (QED) is 0.447. The van der Waals surface area contributed by atoms with Gasteiger partial charge in [0.2, 0.25) is 0 Å². The summed E-state index contributed by atoms with van der Waals surface area (Å²) in [7, 11) is -3.36. The summed E-state index contributed by atoms with van der Waals surface area (Å²) in [6, 6.07) is 6.50. The summed E-state index contributed by atoms with van der Waals surface area (Å²) in [5.41, 5.74) is 13.1.